The van der Waals surface area contributed by atoms with Crippen LogP contribution in [-0.2, 0) is 0 Å². The Morgan fingerprint density at radius 1 is 0.327 bits per heavy atom. The lowest BCUT2D eigenvalue weighted by atomic mass is 9.95. The minimum absolute atomic E-state index is 0.870. The molecule has 2 nitrogen and oxygen atoms in total. The third kappa shape index (κ3) is 5.12. The number of anilines is 3. The van der Waals surface area contributed by atoms with Crippen LogP contribution < -0.4 is 4.90 Å². The molecule has 0 saturated heterocycles. The van der Waals surface area contributed by atoms with E-state index < -0.39 is 0 Å². The fourth-order valence-electron chi connectivity index (χ4n) is 7.73. The predicted octanol–water partition coefficient (Wildman–Crippen LogP) is 14.4. The van der Waals surface area contributed by atoms with Crippen molar-refractivity contribution in [2.75, 3.05) is 4.90 Å². The zero-order valence-corrected chi connectivity index (χ0v) is 28.4. The second-order valence-corrected chi connectivity index (χ2v) is 13.3. The second kappa shape index (κ2) is 12.5. The highest BCUT2D eigenvalue weighted by Gasteiger charge is 2.22. The molecule has 2 heteroatoms. The van der Waals surface area contributed by atoms with E-state index in [1.807, 2.05) is 12.1 Å². The van der Waals surface area contributed by atoms with Gasteiger partial charge < -0.3 is 9.32 Å². The molecule has 52 heavy (non-hydrogen) atoms. The summed E-state index contributed by atoms with van der Waals surface area (Å²) < 4.78 is 6.40. The van der Waals surface area contributed by atoms with Crippen LogP contribution in [0.15, 0.2) is 205 Å². The van der Waals surface area contributed by atoms with Gasteiger partial charge in [-0.15, -0.1) is 0 Å². The van der Waals surface area contributed by atoms with E-state index in [-0.39, 0.29) is 0 Å². The summed E-state index contributed by atoms with van der Waals surface area (Å²) in [4.78, 5) is 2.40. The number of fused-ring (bicyclic) bond motifs is 5. The number of hydrogen-bond donors (Lipinski definition) is 0. The first-order chi connectivity index (χ1) is 25.8. The van der Waals surface area contributed by atoms with Gasteiger partial charge in [0.15, 0.2) is 0 Å². The van der Waals surface area contributed by atoms with Crippen LogP contribution in [-0.4, -0.2) is 0 Å². The van der Waals surface area contributed by atoms with E-state index in [0.717, 1.165) is 44.6 Å². The summed E-state index contributed by atoms with van der Waals surface area (Å²) in [5.41, 5.74) is 12.1. The van der Waals surface area contributed by atoms with Crippen LogP contribution in [0, 0.1) is 0 Å². The van der Waals surface area contributed by atoms with Gasteiger partial charge in [-0.25, -0.2) is 0 Å². The Morgan fingerprint density at radius 3 is 1.69 bits per heavy atom. The molecule has 10 rings (SSSR count). The molecule has 0 unspecified atom stereocenters. The lowest BCUT2D eigenvalue weighted by molar-refractivity contribution is 0.669. The Kier molecular flexibility index (Phi) is 7.18. The Hall–Kier alpha value is -6.90. The van der Waals surface area contributed by atoms with Crippen LogP contribution >= 0.6 is 0 Å². The summed E-state index contributed by atoms with van der Waals surface area (Å²) in [6.45, 7) is 0. The Balaban J connectivity index is 1.10. The molecular formula is C50H33NO. The van der Waals surface area contributed by atoms with Crippen molar-refractivity contribution in [3.05, 3.63) is 200 Å². The lowest BCUT2D eigenvalue weighted by Crippen LogP contribution is -2.11. The first-order valence-corrected chi connectivity index (χ1v) is 17.8. The zero-order valence-electron chi connectivity index (χ0n) is 28.4. The van der Waals surface area contributed by atoms with Gasteiger partial charge in [0.1, 0.15) is 11.2 Å². The normalized spacial score (nSPS) is 11.5. The van der Waals surface area contributed by atoms with Crippen molar-refractivity contribution in [2.45, 2.75) is 0 Å². The Labute approximate surface area is 302 Å². The fourth-order valence-corrected chi connectivity index (χ4v) is 7.73. The van der Waals surface area contributed by atoms with Crippen molar-refractivity contribution in [3.8, 4) is 33.4 Å². The van der Waals surface area contributed by atoms with E-state index in [4.69, 9.17) is 4.42 Å². The molecule has 0 aliphatic rings. The van der Waals surface area contributed by atoms with Crippen molar-refractivity contribution >= 4 is 60.5 Å². The molecule has 0 radical (unpaired) electrons. The fraction of sp³-hybridized carbons (Fsp3) is 0. The molecule has 1 aromatic heterocycles. The maximum Gasteiger partial charge on any atom is 0.137 e. The van der Waals surface area contributed by atoms with Crippen molar-refractivity contribution in [2.24, 2.45) is 0 Å². The average molecular weight is 664 g/mol. The molecule has 0 amide bonds. The maximum absolute atomic E-state index is 6.40. The van der Waals surface area contributed by atoms with E-state index in [1.54, 1.807) is 0 Å². The third-order valence-electron chi connectivity index (χ3n) is 10.3. The molecule has 1 heterocycles. The van der Waals surface area contributed by atoms with Gasteiger partial charge in [0.2, 0.25) is 0 Å². The minimum Gasteiger partial charge on any atom is -0.456 e. The maximum atomic E-state index is 6.40. The quantitative estimate of drug-likeness (QED) is 0.176. The molecule has 0 bridgehead atoms. The van der Waals surface area contributed by atoms with Gasteiger partial charge in [-0.1, -0.05) is 158 Å². The zero-order chi connectivity index (χ0) is 34.4. The van der Waals surface area contributed by atoms with Crippen LogP contribution in [0.4, 0.5) is 17.1 Å². The van der Waals surface area contributed by atoms with Crippen LogP contribution in [0.1, 0.15) is 0 Å². The Morgan fingerprint density at radius 2 is 0.865 bits per heavy atom. The molecule has 9 aromatic carbocycles. The molecule has 0 aliphatic carbocycles. The molecule has 0 saturated carbocycles. The van der Waals surface area contributed by atoms with Crippen LogP contribution in [0.2, 0.25) is 0 Å². The highest BCUT2D eigenvalue weighted by atomic mass is 16.3. The topological polar surface area (TPSA) is 16.4 Å². The van der Waals surface area contributed by atoms with Crippen LogP contribution in [0.3, 0.4) is 0 Å². The van der Waals surface area contributed by atoms with E-state index in [0.29, 0.717) is 0 Å². The smallest absolute Gasteiger partial charge is 0.137 e. The van der Waals surface area contributed by atoms with Gasteiger partial charge in [0.05, 0.1) is 16.8 Å². The molecule has 0 atom stereocenters. The monoisotopic (exact) mass is 663 g/mol. The number of hydrogen-bond acceptors (Lipinski definition) is 2. The predicted molar refractivity (Wildman–Crippen MR) is 220 cm³/mol. The van der Waals surface area contributed by atoms with Gasteiger partial charge in [0.25, 0.3) is 0 Å². The number of benzene rings is 9. The summed E-state index contributed by atoms with van der Waals surface area (Å²) >= 11 is 0. The first kappa shape index (κ1) is 30.0. The summed E-state index contributed by atoms with van der Waals surface area (Å²) in [7, 11) is 0. The SMILES string of the molecule is c1ccc(N(c2ccc(-c3ccc(-c4ccc5ccccc5c4)cc3)cc2)c2cccc3oc4ccccc4c23)c(-c2cccc3ccccc23)c1. The number of furan rings is 1. The van der Waals surface area contributed by atoms with Gasteiger partial charge in [0, 0.05) is 16.6 Å². The highest BCUT2D eigenvalue weighted by molar-refractivity contribution is 6.14. The Bertz CT molecular complexity index is 2890. The van der Waals surface area contributed by atoms with Crippen molar-refractivity contribution in [3.63, 3.8) is 0 Å². The average Bonchev–Trinajstić information content (AvgIpc) is 3.61. The van der Waals surface area contributed by atoms with Gasteiger partial charge in [-0.3, -0.25) is 0 Å². The number of para-hydroxylation sites is 2. The summed E-state index contributed by atoms with van der Waals surface area (Å²) in [5.74, 6) is 0. The number of nitrogens with zero attached hydrogens (tertiary/aromatic N) is 1. The summed E-state index contributed by atoms with van der Waals surface area (Å²) in [6, 6.07) is 71.7. The first-order valence-electron chi connectivity index (χ1n) is 17.8. The molecule has 244 valence electrons. The van der Waals surface area contributed by atoms with Crippen LogP contribution in [0.25, 0.3) is 76.9 Å². The molecule has 0 fully saturated rings. The van der Waals surface area contributed by atoms with E-state index in [2.05, 4.69) is 193 Å². The highest BCUT2D eigenvalue weighted by Crippen LogP contribution is 2.47. The molecule has 10 aromatic rings. The van der Waals surface area contributed by atoms with Gasteiger partial charge >= 0.3 is 0 Å². The van der Waals surface area contributed by atoms with Gasteiger partial charge in [-0.2, -0.15) is 0 Å². The van der Waals surface area contributed by atoms with Crippen LogP contribution in [0.5, 0.6) is 0 Å². The summed E-state index contributed by atoms with van der Waals surface area (Å²) in [5, 5.41) is 7.16. The number of rotatable bonds is 6. The van der Waals surface area contributed by atoms with Crippen molar-refractivity contribution in [1.82, 2.24) is 0 Å². The molecule has 0 spiro atoms. The molecule has 0 aliphatic heterocycles. The minimum atomic E-state index is 0.870. The second-order valence-electron chi connectivity index (χ2n) is 13.3. The largest absolute Gasteiger partial charge is 0.456 e. The third-order valence-corrected chi connectivity index (χ3v) is 10.3. The summed E-state index contributed by atoms with van der Waals surface area (Å²) in [6.07, 6.45) is 0. The molecule has 0 N–H and O–H groups in total. The van der Waals surface area contributed by atoms with Crippen molar-refractivity contribution in [1.29, 1.82) is 0 Å². The van der Waals surface area contributed by atoms with E-state index >= 15 is 0 Å². The van der Waals surface area contributed by atoms with Gasteiger partial charge in [-0.05, 0) is 91.8 Å². The van der Waals surface area contributed by atoms with E-state index in [9.17, 15) is 0 Å². The lowest BCUT2D eigenvalue weighted by Gasteiger charge is -2.29. The van der Waals surface area contributed by atoms with E-state index in [1.165, 1.54) is 49.4 Å². The molecular weight excluding hydrogens is 631 g/mol. The standard InChI is InChI=1S/C50H33NO/c1-2-13-39-33-40(28-27-34(39)11-1)37-25-23-35(24-26-37)36-29-31-41(32-30-36)51(47-20-10-22-49-50(47)45-17-6-8-21-48(45)52-49)46-19-7-5-16-44(46)43-18-9-14-38-12-3-4-15-42(38)43/h1-33H. The van der Waals surface area contributed by atoms with Crippen molar-refractivity contribution < 1.29 is 4.42 Å².